The van der Waals surface area contributed by atoms with E-state index in [1.54, 1.807) is 0 Å². The van der Waals surface area contributed by atoms with E-state index >= 15 is 0 Å². The van der Waals surface area contributed by atoms with Crippen LogP contribution in [0.5, 0.6) is 0 Å². The molecule has 0 spiro atoms. The van der Waals surface area contributed by atoms with Crippen molar-refractivity contribution in [2.75, 3.05) is 26.9 Å². The molecule has 3 aromatic rings. The first-order valence-electron chi connectivity index (χ1n) is 12.3. The van der Waals surface area contributed by atoms with Gasteiger partial charge in [-0.2, -0.15) is 0 Å². The Morgan fingerprint density at radius 2 is 1.97 bits per heavy atom. The van der Waals surface area contributed by atoms with E-state index in [0.29, 0.717) is 19.0 Å². The first-order chi connectivity index (χ1) is 18.3. The molecule has 0 bridgehead atoms. The Bertz CT molecular complexity index is 1270. The molecule has 13 heteroatoms. The van der Waals surface area contributed by atoms with E-state index in [2.05, 4.69) is 22.4 Å². The summed E-state index contributed by atoms with van der Waals surface area (Å²) in [6.45, 7) is 2.96. The number of aliphatic hydroxyl groups excluding tert-OH is 2. The zero-order chi connectivity index (χ0) is 27.0. The van der Waals surface area contributed by atoms with E-state index < -0.39 is 48.7 Å². The number of benzene rings is 1. The standard InChI is InChI=1S/C25H29ClF2N4O6/c1-25(5-7-36-8-6-25)19-10-13(38-30-19)9-17-24(35-2)22(23(34)18(12-33)37-17)32-11-16(29-31-32)14-3-4-15(26)21(28)20(14)27/h3-4,10-11,17-18,22-24,33-34H,5-9,12H2,1-2H3/t17-,18-,22+,23+,24+/m1/s1. The highest BCUT2D eigenvalue weighted by Crippen LogP contribution is 2.37. The molecule has 0 saturated carbocycles. The predicted octanol–water partition coefficient (Wildman–Crippen LogP) is 2.85. The van der Waals surface area contributed by atoms with Crippen LogP contribution in [0, 0.1) is 11.6 Å². The minimum absolute atomic E-state index is 0.0355. The second-order valence-corrected chi connectivity index (χ2v) is 10.3. The summed E-state index contributed by atoms with van der Waals surface area (Å²) < 4.78 is 52.7. The molecule has 2 saturated heterocycles. The Labute approximate surface area is 222 Å². The van der Waals surface area contributed by atoms with E-state index in [1.807, 2.05) is 6.07 Å². The number of halogens is 3. The van der Waals surface area contributed by atoms with Crippen LogP contribution < -0.4 is 0 Å². The molecule has 2 aliphatic rings. The van der Waals surface area contributed by atoms with Crippen molar-refractivity contribution in [3.8, 4) is 11.3 Å². The van der Waals surface area contributed by atoms with E-state index in [4.69, 9.17) is 30.3 Å². The molecule has 1 aromatic carbocycles. The molecule has 0 unspecified atom stereocenters. The minimum atomic E-state index is -1.24. The van der Waals surface area contributed by atoms with Gasteiger partial charge in [-0.25, -0.2) is 13.5 Å². The quantitative estimate of drug-likeness (QED) is 0.424. The lowest BCUT2D eigenvalue weighted by atomic mass is 9.79. The SMILES string of the molecule is CO[C@@H]1[C@@H](n2cc(-c3ccc(Cl)c(F)c3F)nn2)[C@@H](O)[C@@H](CO)O[C@@H]1Cc1cc(C2(C)CCOCC2)no1. The van der Waals surface area contributed by atoms with E-state index in [-0.39, 0.29) is 28.1 Å². The summed E-state index contributed by atoms with van der Waals surface area (Å²) in [5, 5.41) is 32.9. The second-order valence-electron chi connectivity index (χ2n) is 9.94. The number of hydrogen-bond acceptors (Lipinski definition) is 9. The summed E-state index contributed by atoms with van der Waals surface area (Å²) in [7, 11) is 1.46. The van der Waals surface area contributed by atoms with Crippen LogP contribution in [0.3, 0.4) is 0 Å². The first kappa shape index (κ1) is 27.1. The average molecular weight is 555 g/mol. The fourth-order valence-corrected chi connectivity index (χ4v) is 5.32. The maximum absolute atomic E-state index is 14.5. The number of hydrogen-bond donors (Lipinski definition) is 2. The van der Waals surface area contributed by atoms with Gasteiger partial charge in [0.25, 0.3) is 0 Å². The highest BCUT2D eigenvalue weighted by molar-refractivity contribution is 6.30. The molecule has 4 heterocycles. The third kappa shape index (κ3) is 4.96. The van der Waals surface area contributed by atoms with Gasteiger partial charge in [-0.15, -0.1) is 5.10 Å². The summed E-state index contributed by atoms with van der Waals surface area (Å²) >= 11 is 5.66. The van der Waals surface area contributed by atoms with Crippen molar-refractivity contribution in [3.05, 3.63) is 52.5 Å². The molecular formula is C25H29ClF2N4O6. The van der Waals surface area contributed by atoms with Crippen LogP contribution >= 0.6 is 11.6 Å². The van der Waals surface area contributed by atoms with Gasteiger partial charge in [0.05, 0.1) is 29.6 Å². The van der Waals surface area contributed by atoms with Gasteiger partial charge in [-0.3, -0.25) is 0 Å². The number of nitrogens with zero attached hydrogens (tertiary/aromatic N) is 4. The topological polar surface area (TPSA) is 125 Å². The van der Waals surface area contributed by atoms with Gasteiger partial charge in [0.1, 0.15) is 35.8 Å². The Morgan fingerprint density at radius 3 is 2.68 bits per heavy atom. The molecule has 5 atom stereocenters. The normalized spacial score (nSPS) is 27.5. The van der Waals surface area contributed by atoms with Crippen LogP contribution in [0.25, 0.3) is 11.3 Å². The van der Waals surface area contributed by atoms with Crippen molar-refractivity contribution in [2.45, 2.75) is 62.1 Å². The maximum Gasteiger partial charge on any atom is 0.178 e. The summed E-state index contributed by atoms with van der Waals surface area (Å²) in [6.07, 6.45) is -0.358. The van der Waals surface area contributed by atoms with Gasteiger partial charge in [0, 0.05) is 43.8 Å². The zero-order valence-electron chi connectivity index (χ0n) is 20.9. The summed E-state index contributed by atoms with van der Waals surface area (Å²) in [5.41, 5.74) is 0.565. The van der Waals surface area contributed by atoms with Crippen molar-refractivity contribution >= 4 is 11.6 Å². The molecule has 5 rings (SSSR count). The van der Waals surface area contributed by atoms with Gasteiger partial charge in [-0.05, 0) is 25.0 Å². The monoisotopic (exact) mass is 554 g/mol. The van der Waals surface area contributed by atoms with Crippen molar-refractivity contribution < 1.29 is 37.7 Å². The number of ether oxygens (including phenoxy) is 3. The van der Waals surface area contributed by atoms with E-state index in [9.17, 15) is 19.0 Å². The Morgan fingerprint density at radius 1 is 1.21 bits per heavy atom. The highest BCUT2D eigenvalue weighted by Gasteiger charge is 2.47. The lowest BCUT2D eigenvalue weighted by Gasteiger charge is -2.43. The molecule has 2 N–H and O–H groups in total. The van der Waals surface area contributed by atoms with Crippen molar-refractivity contribution in [1.82, 2.24) is 20.2 Å². The molecule has 10 nitrogen and oxygen atoms in total. The third-order valence-electron chi connectivity index (χ3n) is 7.54. The Balaban J connectivity index is 1.42. The maximum atomic E-state index is 14.5. The van der Waals surface area contributed by atoms with Crippen LogP contribution in [-0.2, 0) is 26.0 Å². The van der Waals surface area contributed by atoms with Crippen LogP contribution in [0.4, 0.5) is 8.78 Å². The highest BCUT2D eigenvalue weighted by atomic mass is 35.5. The third-order valence-corrected chi connectivity index (χ3v) is 7.83. The number of aromatic nitrogens is 4. The summed E-state index contributed by atoms with van der Waals surface area (Å²) in [5.74, 6) is -1.79. The molecule has 0 aliphatic carbocycles. The average Bonchev–Trinajstić information content (AvgIpc) is 3.59. The van der Waals surface area contributed by atoms with Crippen LogP contribution in [0.1, 0.15) is 37.3 Å². The van der Waals surface area contributed by atoms with Crippen LogP contribution in [-0.4, -0.2) is 81.7 Å². The lowest BCUT2D eigenvalue weighted by molar-refractivity contribution is -0.212. The Kier molecular flexibility index (Phi) is 7.81. The number of methoxy groups -OCH3 is 1. The number of rotatable bonds is 7. The molecular weight excluding hydrogens is 526 g/mol. The molecule has 2 aromatic heterocycles. The van der Waals surface area contributed by atoms with Crippen LogP contribution in [0.15, 0.2) is 28.9 Å². The van der Waals surface area contributed by atoms with Gasteiger partial charge >= 0.3 is 0 Å². The van der Waals surface area contributed by atoms with E-state index in [1.165, 1.54) is 30.1 Å². The second kappa shape index (κ2) is 10.9. The summed E-state index contributed by atoms with van der Waals surface area (Å²) in [6, 6.07) is 3.54. The predicted molar refractivity (Wildman–Crippen MR) is 130 cm³/mol. The fourth-order valence-electron chi connectivity index (χ4n) is 5.17. The fraction of sp³-hybridized carbons (Fsp3) is 0.560. The van der Waals surface area contributed by atoms with Gasteiger partial charge in [0.2, 0.25) is 0 Å². The van der Waals surface area contributed by atoms with Gasteiger partial charge in [-0.1, -0.05) is 28.9 Å². The zero-order valence-corrected chi connectivity index (χ0v) is 21.6. The lowest BCUT2D eigenvalue weighted by Crippen LogP contribution is -2.57. The molecule has 0 radical (unpaired) electrons. The first-order valence-corrected chi connectivity index (χ1v) is 12.7. The van der Waals surface area contributed by atoms with Gasteiger partial charge < -0.3 is 28.9 Å². The number of aliphatic hydroxyl groups is 2. The van der Waals surface area contributed by atoms with Crippen molar-refractivity contribution in [2.24, 2.45) is 0 Å². The summed E-state index contributed by atoms with van der Waals surface area (Å²) in [4.78, 5) is 0. The van der Waals surface area contributed by atoms with Gasteiger partial charge in [0.15, 0.2) is 11.6 Å². The smallest absolute Gasteiger partial charge is 0.178 e. The molecule has 38 heavy (non-hydrogen) atoms. The van der Waals surface area contributed by atoms with Crippen molar-refractivity contribution in [3.63, 3.8) is 0 Å². The Hall–Kier alpha value is -2.48. The van der Waals surface area contributed by atoms with Crippen LogP contribution in [0.2, 0.25) is 5.02 Å². The molecule has 206 valence electrons. The minimum Gasteiger partial charge on any atom is -0.394 e. The molecule has 2 aliphatic heterocycles. The largest absolute Gasteiger partial charge is 0.394 e. The molecule has 2 fully saturated rings. The molecule has 0 amide bonds. The van der Waals surface area contributed by atoms with Crippen molar-refractivity contribution in [1.29, 1.82) is 0 Å². The van der Waals surface area contributed by atoms with E-state index in [0.717, 1.165) is 18.5 Å².